The standard InChI is InChI=1S/C20H26N2O3S/c1-11-12(2)18-16(13(3)17(11)23)7-8-20(5,25-18)19(24)22(6)9-15-10-26-14(4)21-15/h10,23H,7-9H2,1-6H3. The van der Waals surface area contributed by atoms with Gasteiger partial charge in [-0.25, -0.2) is 4.98 Å². The van der Waals surface area contributed by atoms with Crippen LogP contribution < -0.4 is 4.74 Å². The minimum Gasteiger partial charge on any atom is -0.507 e. The lowest BCUT2D eigenvalue weighted by Crippen LogP contribution is -2.51. The highest BCUT2D eigenvalue weighted by atomic mass is 32.1. The van der Waals surface area contributed by atoms with Crippen LogP contribution in [0.25, 0.3) is 0 Å². The molecule has 1 aliphatic rings. The van der Waals surface area contributed by atoms with Crippen LogP contribution in [-0.4, -0.2) is 33.5 Å². The van der Waals surface area contributed by atoms with Crippen molar-refractivity contribution in [2.24, 2.45) is 0 Å². The predicted molar refractivity (Wildman–Crippen MR) is 103 cm³/mol. The maximum Gasteiger partial charge on any atom is 0.266 e. The van der Waals surface area contributed by atoms with Crippen LogP contribution in [0.4, 0.5) is 0 Å². The SMILES string of the molecule is Cc1nc(CN(C)C(=O)C2(C)CCc3c(C)c(O)c(C)c(C)c3O2)cs1. The van der Waals surface area contributed by atoms with Crippen LogP contribution in [0, 0.1) is 27.7 Å². The van der Waals surface area contributed by atoms with E-state index in [9.17, 15) is 9.90 Å². The summed E-state index contributed by atoms with van der Waals surface area (Å²) in [5, 5.41) is 13.3. The second-order valence-electron chi connectivity index (χ2n) is 7.38. The van der Waals surface area contributed by atoms with E-state index in [0.717, 1.165) is 38.7 Å². The van der Waals surface area contributed by atoms with E-state index in [-0.39, 0.29) is 5.91 Å². The summed E-state index contributed by atoms with van der Waals surface area (Å²) in [6.45, 7) is 10.0. The van der Waals surface area contributed by atoms with Gasteiger partial charge in [0.2, 0.25) is 0 Å². The van der Waals surface area contributed by atoms with Crippen molar-refractivity contribution in [2.75, 3.05) is 7.05 Å². The lowest BCUT2D eigenvalue weighted by atomic mass is 9.86. The van der Waals surface area contributed by atoms with Gasteiger partial charge in [0.05, 0.1) is 17.2 Å². The van der Waals surface area contributed by atoms with E-state index in [2.05, 4.69) is 4.98 Å². The van der Waals surface area contributed by atoms with Gasteiger partial charge in [0.25, 0.3) is 5.91 Å². The Bertz CT molecular complexity index is 874. The Hall–Kier alpha value is -2.08. The van der Waals surface area contributed by atoms with Crippen LogP contribution in [0.1, 0.15) is 46.3 Å². The van der Waals surface area contributed by atoms with Crippen LogP contribution in [0.15, 0.2) is 5.38 Å². The lowest BCUT2D eigenvalue weighted by Gasteiger charge is -2.38. The molecule has 1 aromatic heterocycles. The summed E-state index contributed by atoms with van der Waals surface area (Å²) >= 11 is 1.59. The molecule has 2 aromatic rings. The lowest BCUT2D eigenvalue weighted by molar-refractivity contribution is -0.147. The summed E-state index contributed by atoms with van der Waals surface area (Å²) in [6, 6.07) is 0. The number of hydrogen-bond acceptors (Lipinski definition) is 5. The number of nitrogens with zero attached hydrogens (tertiary/aromatic N) is 2. The molecule has 5 nitrogen and oxygen atoms in total. The number of benzene rings is 1. The van der Waals surface area contributed by atoms with Crippen LogP contribution >= 0.6 is 11.3 Å². The van der Waals surface area contributed by atoms with Gasteiger partial charge in [0.1, 0.15) is 11.5 Å². The fraction of sp³-hybridized carbons (Fsp3) is 0.500. The van der Waals surface area contributed by atoms with Gasteiger partial charge in [-0.15, -0.1) is 11.3 Å². The summed E-state index contributed by atoms with van der Waals surface area (Å²) in [4.78, 5) is 19.2. The van der Waals surface area contributed by atoms with Crippen molar-refractivity contribution in [1.29, 1.82) is 0 Å². The molecule has 0 saturated heterocycles. The number of hydrogen-bond donors (Lipinski definition) is 1. The molecule has 1 aromatic carbocycles. The first-order chi connectivity index (χ1) is 12.1. The van der Waals surface area contributed by atoms with Crippen molar-refractivity contribution in [3.63, 3.8) is 0 Å². The highest BCUT2D eigenvalue weighted by Crippen LogP contribution is 2.43. The summed E-state index contributed by atoms with van der Waals surface area (Å²) < 4.78 is 6.27. The van der Waals surface area contributed by atoms with E-state index in [1.54, 1.807) is 23.3 Å². The molecule has 0 aliphatic carbocycles. The normalized spacial score (nSPS) is 19.0. The summed E-state index contributed by atoms with van der Waals surface area (Å²) in [5.41, 5.74) is 3.56. The maximum atomic E-state index is 13.1. The van der Waals surface area contributed by atoms with Crippen molar-refractivity contribution in [2.45, 2.75) is 59.6 Å². The van der Waals surface area contributed by atoms with Gasteiger partial charge in [-0.2, -0.15) is 0 Å². The Morgan fingerprint density at radius 2 is 2.00 bits per heavy atom. The Balaban J connectivity index is 1.87. The maximum absolute atomic E-state index is 13.1. The topological polar surface area (TPSA) is 62.7 Å². The first kappa shape index (κ1) is 18.7. The molecule has 1 aliphatic heterocycles. The molecule has 0 saturated carbocycles. The predicted octanol–water partition coefficient (Wildman–Crippen LogP) is 3.82. The molecule has 1 N–H and O–H groups in total. The number of thiazole rings is 1. The number of aromatic nitrogens is 1. The minimum atomic E-state index is -0.909. The van der Waals surface area contributed by atoms with Gasteiger partial charge >= 0.3 is 0 Å². The number of amides is 1. The Kier molecular flexibility index (Phi) is 4.73. The second-order valence-corrected chi connectivity index (χ2v) is 8.45. The number of phenols is 1. The molecular formula is C20H26N2O3S. The van der Waals surface area contributed by atoms with E-state index in [1.807, 2.05) is 40.0 Å². The van der Waals surface area contributed by atoms with E-state index < -0.39 is 5.60 Å². The number of ether oxygens (including phenoxy) is 1. The Morgan fingerprint density at radius 1 is 1.31 bits per heavy atom. The molecule has 1 atom stereocenters. The zero-order chi connectivity index (χ0) is 19.2. The number of fused-ring (bicyclic) bond motifs is 1. The quantitative estimate of drug-likeness (QED) is 0.887. The minimum absolute atomic E-state index is 0.0448. The molecule has 1 amide bonds. The molecule has 0 spiro atoms. The van der Waals surface area contributed by atoms with E-state index >= 15 is 0 Å². The van der Waals surface area contributed by atoms with Crippen molar-refractivity contribution < 1.29 is 14.6 Å². The number of aryl methyl sites for hydroxylation is 1. The third-order valence-electron chi connectivity index (χ3n) is 5.38. The molecule has 0 radical (unpaired) electrons. The van der Waals surface area contributed by atoms with Crippen molar-refractivity contribution in [3.8, 4) is 11.5 Å². The monoisotopic (exact) mass is 374 g/mol. The van der Waals surface area contributed by atoms with Crippen LogP contribution in [0.3, 0.4) is 0 Å². The number of carbonyl (C=O) groups excluding carboxylic acids is 1. The van der Waals surface area contributed by atoms with Gasteiger partial charge in [0.15, 0.2) is 5.60 Å². The van der Waals surface area contributed by atoms with Gasteiger partial charge in [-0.05, 0) is 57.7 Å². The Morgan fingerprint density at radius 3 is 2.62 bits per heavy atom. The third kappa shape index (κ3) is 3.07. The molecule has 6 heteroatoms. The molecule has 3 rings (SSSR count). The van der Waals surface area contributed by atoms with E-state index in [1.165, 1.54) is 0 Å². The van der Waals surface area contributed by atoms with Crippen LogP contribution in [-0.2, 0) is 17.8 Å². The highest BCUT2D eigenvalue weighted by molar-refractivity contribution is 7.09. The number of aromatic hydroxyl groups is 1. The van der Waals surface area contributed by atoms with Crippen molar-refractivity contribution >= 4 is 17.2 Å². The van der Waals surface area contributed by atoms with Crippen molar-refractivity contribution in [1.82, 2.24) is 9.88 Å². The van der Waals surface area contributed by atoms with Gasteiger partial charge in [0, 0.05) is 24.4 Å². The fourth-order valence-corrected chi connectivity index (χ4v) is 4.20. The van der Waals surface area contributed by atoms with Gasteiger partial charge < -0.3 is 14.7 Å². The van der Waals surface area contributed by atoms with E-state index in [0.29, 0.717) is 25.1 Å². The molecule has 140 valence electrons. The third-order valence-corrected chi connectivity index (χ3v) is 6.21. The number of phenolic OH excluding ortho intramolecular Hbond substituents is 1. The number of rotatable bonds is 3. The molecular weight excluding hydrogens is 348 g/mol. The first-order valence-corrected chi connectivity index (χ1v) is 9.69. The zero-order valence-electron chi connectivity index (χ0n) is 16.3. The van der Waals surface area contributed by atoms with Gasteiger partial charge in [-0.1, -0.05) is 0 Å². The van der Waals surface area contributed by atoms with Crippen molar-refractivity contribution in [3.05, 3.63) is 38.3 Å². The molecule has 26 heavy (non-hydrogen) atoms. The zero-order valence-corrected chi connectivity index (χ0v) is 17.1. The number of carbonyl (C=O) groups is 1. The highest BCUT2D eigenvalue weighted by Gasteiger charge is 2.42. The summed E-state index contributed by atoms with van der Waals surface area (Å²) in [6.07, 6.45) is 1.30. The molecule has 0 fully saturated rings. The van der Waals surface area contributed by atoms with E-state index in [4.69, 9.17) is 4.74 Å². The molecule has 2 heterocycles. The summed E-state index contributed by atoms with van der Waals surface area (Å²) in [7, 11) is 1.79. The summed E-state index contributed by atoms with van der Waals surface area (Å²) in [5.74, 6) is 1.03. The molecule has 0 bridgehead atoms. The molecule has 1 unspecified atom stereocenters. The Labute approximate surface area is 158 Å². The van der Waals surface area contributed by atoms with Gasteiger partial charge in [-0.3, -0.25) is 4.79 Å². The largest absolute Gasteiger partial charge is 0.507 e. The number of likely N-dealkylation sites (N-methyl/N-ethyl adjacent to an activating group) is 1. The first-order valence-electron chi connectivity index (χ1n) is 8.81. The smallest absolute Gasteiger partial charge is 0.266 e. The fourth-order valence-electron chi connectivity index (χ4n) is 3.60. The van der Waals surface area contributed by atoms with Crippen LogP contribution in [0.5, 0.6) is 11.5 Å². The average Bonchev–Trinajstić information content (AvgIpc) is 3.02. The van der Waals surface area contributed by atoms with Crippen LogP contribution in [0.2, 0.25) is 0 Å². The average molecular weight is 375 g/mol. The second kappa shape index (κ2) is 6.58.